The number of halogens is 5. The van der Waals surface area contributed by atoms with E-state index in [-0.39, 0.29) is 39.3 Å². The smallest absolute Gasteiger partial charge is 0.401 e. The van der Waals surface area contributed by atoms with Crippen LogP contribution in [-0.4, -0.2) is 48.5 Å². The molecule has 214 valence electrons. The molecule has 1 aliphatic rings. The van der Waals surface area contributed by atoms with E-state index in [1.807, 2.05) is 0 Å². The zero-order chi connectivity index (χ0) is 29.2. The molecule has 1 amide bonds. The zero-order valence-electron chi connectivity index (χ0n) is 21.7. The van der Waals surface area contributed by atoms with Gasteiger partial charge < -0.3 is 25.6 Å². The summed E-state index contributed by atoms with van der Waals surface area (Å²) in [6, 6.07) is 9.51. The fraction of sp³-hybridized carbons (Fsp3) is 0.357. The molecule has 0 radical (unpaired) electrons. The number of aromatic nitrogens is 1. The number of carbonyl (C=O) groups is 1. The third kappa shape index (κ3) is 6.32. The fourth-order valence-electron chi connectivity index (χ4n) is 3.92. The van der Waals surface area contributed by atoms with Crippen LogP contribution in [0.15, 0.2) is 48.5 Å². The van der Waals surface area contributed by atoms with Gasteiger partial charge in [0.25, 0.3) is 5.91 Å². The zero-order valence-corrected chi connectivity index (χ0v) is 22.4. The molecule has 0 aliphatic heterocycles. The number of nitrogens with two attached hydrogens (primary N) is 1. The normalized spacial score (nSPS) is 15.7. The summed E-state index contributed by atoms with van der Waals surface area (Å²) in [5, 5.41) is 11.7. The number of nitrogens with one attached hydrogen (secondary N) is 1. The van der Waals surface area contributed by atoms with Gasteiger partial charge in [-0.1, -0.05) is 11.6 Å². The summed E-state index contributed by atoms with van der Waals surface area (Å²) >= 11 is 5.89. The maximum Gasteiger partial charge on any atom is 0.401 e. The molecule has 4 rings (SSSR count). The standard InChI is InChI=1S/C28H28ClF4N3O4/c1-27(28(31,32)33,14-35-26(38)16-4-8-23(24(11-16)39-2)40-18-5-6-18)25-12-17(21(34)13-37)10-22(36-25)15-3-7-20(30)19(29)9-15/h3-4,7-12,18,21,37H,5-6,13-14,34H2,1-2H3,(H,35,38). The van der Waals surface area contributed by atoms with Crippen LogP contribution in [0, 0.1) is 5.82 Å². The van der Waals surface area contributed by atoms with Gasteiger partial charge in [0, 0.05) is 17.7 Å². The summed E-state index contributed by atoms with van der Waals surface area (Å²) in [4.78, 5) is 17.2. The van der Waals surface area contributed by atoms with Gasteiger partial charge in [0.15, 0.2) is 11.5 Å². The monoisotopic (exact) mass is 581 g/mol. The fourth-order valence-corrected chi connectivity index (χ4v) is 4.10. The lowest BCUT2D eigenvalue weighted by atomic mass is 9.83. The number of benzene rings is 2. The molecule has 1 aromatic heterocycles. The molecule has 40 heavy (non-hydrogen) atoms. The van der Waals surface area contributed by atoms with E-state index in [4.69, 9.17) is 26.8 Å². The number of alkyl halides is 3. The van der Waals surface area contributed by atoms with Crippen molar-refractivity contribution < 1.29 is 36.9 Å². The number of amides is 1. The van der Waals surface area contributed by atoms with E-state index in [0.29, 0.717) is 5.75 Å². The van der Waals surface area contributed by atoms with Gasteiger partial charge in [-0.15, -0.1) is 0 Å². The molecule has 0 bridgehead atoms. The number of hydrogen-bond donors (Lipinski definition) is 3. The Kier molecular flexibility index (Phi) is 8.57. The lowest BCUT2D eigenvalue weighted by molar-refractivity contribution is -0.184. The van der Waals surface area contributed by atoms with Crippen molar-refractivity contribution in [3.05, 3.63) is 76.2 Å². The molecule has 1 fully saturated rings. The number of aliphatic hydroxyl groups excluding tert-OH is 1. The van der Waals surface area contributed by atoms with Gasteiger partial charge >= 0.3 is 6.18 Å². The van der Waals surface area contributed by atoms with Crippen molar-refractivity contribution in [2.24, 2.45) is 5.73 Å². The number of methoxy groups -OCH3 is 1. The summed E-state index contributed by atoms with van der Waals surface area (Å²) in [5.41, 5.74) is 3.35. The molecule has 1 heterocycles. The first-order chi connectivity index (χ1) is 18.9. The lowest BCUT2D eigenvalue weighted by Crippen LogP contribution is -2.49. The highest BCUT2D eigenvalue weighted by Crippen LogP contribution is 2.41. The Hall–Kier alpha value is -3.41. The van der Waals surface area contributed by atoms with Gasteiger partial charge in [0.1, 0.15) is 11.2 Å². The third-order valence-corrected chi connectivity index (χ3v) is 7.01. The van der Waals surface area contributed by atoms with Crippen molar-refractivity contribution in [3.8, 4) is 22.8 Å². The molecule has 0 saturated heterocycles. The van der Waals surface area contributed by atoms with E-state index in [1.165, 1.54) is 43.5 Å². The second-order valence-electron chi connectivity index (χ2n) is 9.78. The SMILES string of the molecule is COc1cc(C(=O)NCC(C)(c2cc(C(N)CO)cc(-c3ccc(F)c(Cl)c3)n2)C(F)(F)F)ccc1OC1CC1. The maximum absolute atomic E-state index is 14.6. The highest BCUT2D eigenvalue weighted by Gasteiger charge is 2.54. The van der Waals surface area contributed by atoms with E-state index in [2.05, 4.69) is 10.3 Å². The highest BCUT2D eigenvalue weighted by atomic mass is 35.5. The summed E-state index contributed by atoms with van der Waals surface area (Å²) in [6.07, 6.45) is -2.96. The Morgan fingerprint density at radius 2 is 1.90 bits per heavy atom. The molecule has 4 N–H and O–H groups in total. The Balaban J connectivity index is 1.68. The molecular formula is C28H28ClF4N3O4. The van der Waals surface area contributed by atoms with Gasteiger partial charge in [-0.3, -0.25) is 9.78 Å². The maximum atomic E-state index is 14.6. The van der Waals surface area contributed by atoms with Crippen LogP contribution in [0.3, 0.4) is 0 Å². The molecule has 12 heteroatoms. The number of rotatable bonds is 10. The van der Waals surface area contributed by atoms with E-state index in [9.17, 15) is 27.5 Å². The van der Waals surface area contributed by atoms with Crippen LogP contribution in [-0.2, 0) is 5.41 Å². The summed E-state index contributed by atoms with van der Waals surface area (Å²) < 4.78 is 68.6. The first-order valence-electron chi connectivity index (χ1n) is 12.4. The first kappa shape index (κ1) is 29.6. The minimum absolute atomic E-state index is 0.0380. The van der Waals surface area contributed by atoms with E-state index in [1.54, 1.807) is 0 Å². The second-order valence-corrected chi connectivity index (χ2v) is 10.2. The van der Waals surface area contributed by atoms with Crippen molar-refractivity contribution in [1.82, 2.24) is 10.3 Å². The molecule has 2 unspecified atom stereocenters. The van der Waals surface area contributed by atoms with Gasteiger partial charge in [-0.25, -0.2) is 4.39 Å². The van der Waals surface area contributed by atoms with Gasteiger partial charge in [-0.2, -0.15) is 13.2 Å². The summed E-state index contributed by atoms with van der Waals surface area (Å²) in [7, 11) is 1.40. The van der Waals surface area contributed by atoms with Crippen molar-refractivity contribution in [1.29, 1.82) is 0 Å². The molecular weight excluding hydrogens is 554 g/mol. The third-order valence-electron chi connectivity index (χ3n) is 6.73. The Morgan fingerprint density at radius 3 is 2.50 bits per heavy atom. The Morgan fingerprint density at radius 1 is 1.18 bits per heavy atom. The van der Waals surface area contributed by atoms with E-state index >= 15 is 0 Å². The van der Waals surface area contributed by atoms with Crippen LogP contribution < -0.4 is 20.5 Å². The van der Waals surface area contributed by atoms with Gasteiger partial charge in [-0.05, 0) is 73.9 Å². The van der Waals surface area contributed by atoms with Crippen LogP contribution >= 0.6 is 11.6 Å². The minimum atomic E-state index is -4.87. The van der Waals surface area contributed by atoms with Crippen molar-refractivity contribution in [2.75, 3.05) is 20.3 Å². The quantitative estimate of drug-likeness (QED) is 0.279. The predicted octanol–water partition coefficient (Wildman–Crippen LogP) is 5.33. The van der Waals surface area contributed by atoms with Gasteiger partial charge in [0.2, 0.25) is 0 Å². The van der Waals surface area contributed by atoms with Crippen LogP contribution in [0.25, 0.3) is 11.3 Å². The predicted molar refractivity (Wildman–Crippen MR) is 141 cm³/mol. The lowest BCUT2D eigenvalue weighted by Gasteiger charge is -2.32. The molecule has 1 aliphatic carbocycles. The van der Waals surface area contributed by atoms with Crippen LogP contribution in [0.2, 0.25) is 5.02 Å². The number of hydrogen-bond acceptors (Lipinski definition) is 6. The topological polar surface area (TPSA) is 107 Å². The molecule has 3 aromatic rings. The minimum Gasteiger partial charge on any atom is -0.493 e. The highest BCUT2D eigenvalue weighted by molar-refractivity contribution is 6.31. The number of aliphatic hydroxyl groups is 1. The Labute approximate surface area is 233 Å². The average Bonchev–Trinajstić information content (AvgIpc) is 3.75. The van der Waals surface area contributed by atoms with Crippen LogP contribution in [0.4, 0.5) is 17.6 Å². The Bertz CT molecular complexity index is 1400. The molecule has 1 saturated carbocycles. The van der Waals surface area contributed by atoms with Gasteiger partial charge in [0.05, 0.1) is 42.3 Å². The first-order valence-corrected chi connectivity index (χ1v) is 12.8. The van der Waals surface area contributed by atoms with E-state index in [0.717, 1.165) is 31.9 Å². The second kappa shape index (κ2) is 11.6. The van der Waals surface area contributed by atoms with Crippen LogP contribution in [0.5, 0.6) is 11.5 Å². The van der Waals surface area contributed by atoms with E-state index < -0.39 is 48.2 Å². The number of nitrogens with zero attached hydrogens (tertiary/aromatic N) is 1. The average molecular weight is 582 g/mol. The summed E-state index contributed by atoms with van der Waals surface area (Å²) in [5.74, 6) is -0.745. The number of ether oxygens (including phenoxy) is 2. The molecule has 2 aromatic carbocycles. The molecule has 7 nitrogen and oxygen atoms in total. The molecule has 0 spiro atoms. The largest absolute Gasteiger partial charge is 0.493 e. The van der Waals surface area contributed by atoms with Crippen molar-refractivity contribution in [2.45, 2.75) is 43.5 Å². The molecule has 2 atom stereocenters. The number of carbonyl (C=O) groups excluding carboxylic acids is 1. The van der Waals surface area contributed by atoms with Crippen molar-refractivity contribution in [3.63, 3.8) is 0 Å². The van der Waals surface area contributed by atoms with Crippen molar-refractivity contribution >= 4 is 17.5 Å². The summed E-state index contributed by atoms with van der Waals surface area (Å²) in [6.45, 7) is -0.514. The number of pyridine rings is 1. The van der Waals surface area contributed by atoms with Crippen LogP contribution in [0.1, 0.15) is 47.4 Å².